The topological polar surface area (TPSA) is 86.2 Å². The Morgan fingerprint density at radius 2 is 1.64 bits per heavy atom. The van der Waals surface area contributed by atoms with Crippen molar-refractivity contribution >= 4 is 18.1 Å². The first-order chi connectivity index (χ1) is 16.0. The lowest BCUT2D eigenvalue weighted by molar-refractivity contribution is 0.0728. The molecule has 0 atom stereocenters. The van der Waals surface area contributed by atoms with E-state index >= 15 is 0 Å². The van der Waals surface area contributed by atoms with E-state index < -0.39 is 5.97 Å². The van der Waals surface area contributed by atoms with Gasteiger partial charge in [0.1, 0.15) is 5.75 Å². The smallest absolute Gasteiger partial charge is 0.343 e. The van der Waals surface area contributed by atoms with Gasteiger partial charge in [-0.15, -0.1) is 0 Å². The van der Waals surface area contributed by atoms with Gasteiger partial charge in [-0.3, -0.25) is 4.79 Å². The third-order valence-corrected chi connectivity index (χ3v) is 4.64. The summed E-state index contributed by atoms with van der Waals surface area (Å²) >= 11 is 0. The molecule has 7 heteroatoms. The third-order valence-electron chi connectivity index (χ3n) is 4.64. The summed E-state index contributed by atoms with van der Waals surface area (Å²) in [4.78, 5) is 24.8. The Balaban J connectivity index is 1.69. The molecule has 0 saturated heterocycles. The van der Waals surface area contributed by atoms with Crippen molar-refractivity contribution in [3.8, 4) is 17.2 Å². The molecule has 3 rings (SSSR count). The molecular formula is C26H26N2O5. The zero-order valence-corrected chi connectivity index (χ0v) is 18.8. The van der Waals surface area contributed by atoms with Gasteiger partial charge < -0.3 is 14.2 Å². The van der Waals surface area contributed by atoms with Crippen LogP contribution in [0.15, 0.2) is 71.8 Å². The second-order valence-electron chi connectivity index (χ2n) is 7.00. The molecule has 0 radical (unpaired) electrons. The maximum Gasteiger partial charge on any atom is 0.343 e. The fourth-order valence-electron chi connectivity index (χ4n) is 3.02. The monoisotopic (exact) mass is 446 g/mol. The molecule has 170 valence electrons. The Bertz CT molecular complexity index is 1140. The molecule has 0 saturated carbocycles. The Morgan fingerprint density at radius 3 is 2.33 bits per heavy atom. The molecule has 0 aromatic heterocycles. The number of nitrogens with one attached hydrogen (secondary N) is 1. The van der Waals surface area contributed by atoms with E-state index in [-0.39, 0.29) is 11.7 Å². The largest absolute Gasteiger partial charge is 0.494 e. The van der Waals surface area contributed by atoms with Crippen LogP contribution in [0.1, 0.15) is 45.7 Å². The summed E-state index contributed by atoms with van der Waals surface area (Å²) in [7, 11) is 0. The average molecular weight is 447 g/mol. The van der Waals surface area contributed by atoms with Crippen LogP contribution in [0.4, 0.5) is 0 Å². The van der Waals surface area contributed by atoms with Gasteiger partial charge in [0.05, 0.1) is 25.0 Å². The molecule has 1 N–H and O–H groups in total. The van der Waals surface area contributed by atoms with Crippen molar-refractivity contribution in [1.29, 1.82) is 0 Å². The van der Waals surface area contributed by atoms with Gasteiger partial charge >= 0.3 is 5.97 Å². The van der Waals surface area contributed by atoms with Crippen LogP contribution in [0, 0.1) is 6.92 Å². The lowest BCUT2D eigenvalue weighted by Gasteiger charge is -2.11. The second kappa shape index (κ2) is 11.5. The van der Waals surface area contributed by atoms with Crippen LogP contribution in [0.2, 0.25) is 0 Å². The zero-order valence-electron chi connectivity index (χ0n) is 18.8. The van der Waals surface area contributed by atoms with Crippen LogP contribution in [0.3, 0.4) is 0 Å². The highest BCUT2D eigenvalue weighted by molar-refractivity contribution is 5.96. The number of hydrogen-bond donors (Lipinski definition) is 1. The summed E-state index contributed by atoms with van der Waals surface area (Å²) in [6.45, 7) is 6.52. The summed E-state index contributed by atoms with van der Waals surface area (Å²) < 4.78 is 16.6. The summed E-state index contributed by atoms with van der Waals surface area (Å²) in [5, 5.41) is 4.02. The van der Waals surface area contributed by atoms with Gasteiger partial charge in [0, 0.05) is 5.56 Å². The molecule has 0 aliphatic rings. The molecule has 33 heavy (non-hydrogen) atoms. The number of carbonyl (C=O) groups is 2. The van der Waals surface area contributed by atoms with Gasteiger partial charge in [0.25, 0.3) is 5.91 Å². The van der Waals surface area contributed by atoms with Crippen molar-refractivity contribution in [2.45, 2.75) is 20.8 Å². The molecule has 0 unspecified atom stereocenters. The highest BCUT2D eigenvalue weighted by Crippen LogP contribution is 2.29. The number of hydrogen-bond acceptors (Lipinski definition) is 6. The highest BCUT2D eigenvalue weighted by atomic mass is 16.6. The van der Waals surface area contributed by atoms with Gasteiger partial charge in [0.2, 0.25) is 0 Å². The lowest BCUT2D eigenvalue weighted by atomic mass is 10.1. The number of benzene rings is 3. The molecule has 0 fully saturated rings. The number of esters is 1. The Kier molecular flexibility index (Phi) is 8.18. The number of aryl methyl sites for hydroxylation is 1. The molecule has 0 aliphatic carbocycles. The molecule has 0 spiro atoms. The van der Waals surface area contributed by atoms with E-state index in [9.17, 15) is 9.59 Å². The minimum atomic E-state index is -0.508. The first kappa shape index (κ1) is 23.5. The van der Waals surface area contributed by atoms with Crippen LogP contribution in [0.5, 0.6) is 17.2 Å². The maximum atomic E-state index is 12.5. The van der Waals surface area contributed by atoms with Crippen LogP contribution >= 0.6 is 0 Å². The highest BCUT2D eigenvalue weighted by Gasteiger charge is 2.14. The predicted molar refractivity (Wildman–Crippen MR) is 126 cm³/mol. The Morgan fingerprint density at radius 1 is 0.909 bits per heavy atom. The molecule has 7 nitrogen and oxygen atoms in total. The minimum absolute atomic E-state index is 0.289. The number of ether oxygens (including phenoxy) is 3. The minimum Gasteiger partial charge on any atom is -0.494 e. The summed E-state index contributed by atoms with van der Waals surface area (Å²) in [6, 6.07) is 19.0. The van der Waals surface area contributed by atoms with Crippen LogP contribution in [0.25, 0.3) is 0 Å². The number of hydrazone groups is 1. The first-order valence-corrected chi connectivity index (χ1v) is 10.6. The van der Waals surface area contributed by atoms with Gasteiger partial charge in [-0.25, -0.2) is 10.2 Å². The molecule has 0 heterocycles. The SMILES string of the molecule is CCOc1ccc(C(=O)Oc2ccc(C=NNC(=O)c3ccccc3C)cc2OCC)cc1. The van der Waals surface area contributed by atoms with Gasteiger partial charge in [-0.1, -0.05) is 18.2 Å². The normalized spacial score (nSPS) is 10.6. The third kappa shape index (κ3) is 6.43. The van der Waals surface area contributed by atoms with Gasteiger partial charge in [-0.05, 0) is 80.4 Å². The second-order valence-corrected chi connectivity index (χ2v) is 7.00. The number of rotatable bonds is 9. The number of nitrogens with zero attached hydrogens (tertiary/aromatic N) is 1. The van der Waals surface area contributed by atoms with Crippen LogP contribution in [-0.4, -0.2) is 31.3 Å². The Labute approximate surface area is 193 Å². The van der Waals surface area contributed by atoms with E-state index in [1.54, 1.807) is 54.6 Å². The number of amides is 1. The van der Waals surface area contributed by atoms with Gasteiger partial charge in [-0.2, -0.15) is 5.10 Å². The average Bonchev–Trinajstić information content (AvgIpc) is 2.81. The number of carbonyl (C=O) groups excluding carboxylic acids is 2. The molecule has 0 aliphatic heterocycles. The van der Waals surface area contributed by atoms with E-state index in [4.69, 9.17) is 14.2 Å². The van der Waals surface area contributed by atoms with E-state index in [1.165, 1.54) is 6.21 Å². The van der Waals surface area contributed by atoms with Crippen LogP contribution in [-0.2, 0) is 0 Å². The van der Waals surface area contributed by atoms with Crippen molar-refractivity contribution in [3.05, 3.63) is 89.0 Å². The molecule has 1 amide bonds. The molecular weight excluding hydrogens is 420 g/mol. The fourth-order valence-corrected chi connectivity index (χ4v) is 3.02. The molecule has 3 aromatic rings. The first-order valence-electron chi connectivity index (χ1n) is 10.6. The molecule has 3 aromatic carbocycles. The van der Waals surface area contributed by atoms with E-state index in [0.717, 1.165) is 5.56 Å². The Hall–Kier alpha value is -4.13. The standard InChI is InChI=1S/C26H26N2O5/c1-4-31-21-13-11-20(12-14-21)26(30)33-23-15-10-19(16-24(23)32-5-2)17-27-28-25(29)22-9-7-6-8-18(22)3/h6-17H,4-5H2,1-3H3,(H,28,29). The van der Waals surface area contributed by atoms with E-state index in [2.05, 4.69) is 10.5 Å². The van der Waals surface area contributed by atoms with E-state index in [0.29, 0.717) is 41.4 Å². The van der Waals surface area contributed by atoms with E-state index in [1.807, 2.05) is 32.9 Å². The summed E-state index contributed by atoms with van der Waals surface area (Å²) in [6.07, 6.45) is 1.50. The van der Waals surface area contributed by atoms with Crippen molar-refractivity contribution in [2.24, 2.45) is 5.10 Å². The maximum absolute atomic E-state index is 12.5. The van der Waals surface area contributed by atoms with Crippen molar-refractivity contribution in [2.75, 3.05) is 13.2 Å². The van der Waals surface area contributed by atoms with Crippen molar-refractivity contribution in [3.63, 3.8) is 0 Å². The quantitative estimate of drug-likeness (QED) is 0.221. The fraction of sp³-hybridized carbons (Fsp3) is 0.192. The van der Waals surface area contributed by atoms with Crippen molar-refractivity contribution < 1.29 is 23.8 Å². The zero-order chi connectivity index (χ0) is 23.6. The lowest BCUT2D eigenvalue weighted by Crippen LogP contribution is -2.18. The van der Waals surface area contributed by atoms with Gasteiger partial charge in [0.15, 0.2) is 11.5 Å². The van der Waals surface area contributed by atoms with Crippen molar-refractivity contribution in [1.82, 2.24) is 5.43 Å². The summed E-state index contributed by atoms with van der Waals surface area (Å²) in [5.74, 6) is 0.561. The van der Waals surface area contributed by atoms with Crippen LogP contribution < -0.4 is 19.6 Å². The summed E-state index contributed by atoms with van der Waals surface area (Å²) in [5.41, 5.74) is 5.00. The predicted octanol–water partition coefficient (Wildman–Crippen LogP) is 4.78. The molecule has 0 bridgehead atoms.